The van der Waals surface area contributed by atoms with Crippen molar-refractivity contribution in [3.05, 3.63) is 35.0 Å². The third-order valence-corrected chi connectivity index (χ3v) is 4.30. The molecule has 0 saturated carbocycles. The fraction of sp³-hybridized carbons (Fsp3) is 0.412. The fourth-order valence-corrected chi connectivity index (χ4v) is 3.00. The lowest BCUT2D eigenvalue weighted by Crippen LogP contribution is -2.31. The van der Waals surface area contributed by atoms with Crippen LogP contribution in [0.3, 0.4) is 0 Å². The van der Waals surface area contributed by atoms with E-state index in [1.54, 1.807) is 19.9 Å². The van der Waals surface area contributed by atoms with Crippen molar-refractivity contribution in [2.45, 2.75) is 25.8 Å². The lowest BCUT2D eigenvalue weighted by Gasteiger charge is -2.25. The Bertz CT molecular complexity index is 880. The minimum absolute atomic E-state index is 0.0846. The first-order valence-electron chi connectivity index (χ1n) is 8.18. The molecule has 3 rings (SSSR count). The van der Waals surface area contributed by atoms with E-state index in [0.29, 0.717) is 35.2 Å². The first kappa shape index (κ1) is 19.3. The Morgan fingerprint density at radius 1 is 1.30 bits per heavy atom. The highest BCUT2D eigenvalue weighted by Gasteiger charge is 2.36. The second-order valence-corrected chi connectivity index (χ2v) is 6.33. The largest absolute Gasteiger partial charge is 0.405 e. The molecular formula is C17H19F3N4O3. The van der Waals surface area contributed by atoms with E-state index in [1.807, 2.05) is 5.43 Å². The number of anilines is 1. The normalized spacial score (nSPS) is 16.5. The van der Waals surface area contributed by atoms with Crippen molar-refractivity contribution in [2.75, 3.05) is 25.1 Å². The summed E-state index contributed by atoms with van der Waals surface area (Å²) < 4.78 is 49.2. The summed E-state index contributed by atoms with van der Waals surface area (Å²) in [5.41, 5.74) is 3.83. The van der Waals surface area contributed by atoms with Gasteiger partial charge in [0.2, 0.25) is 0 Å². The topological polar surface area (TPSA) is 98.5 Å². The molecule has 146 valence electrons. The number of pyridine rings is 1. The van der Waals surface area contributed by atoms with Crippen LogP contribution in [0.25, 0.3) is 10.9 Å². The van der Waals surface area contributed by atoms with Crippen LogP contribution in [-0.4, -0.2) is 36.8 Å². The standard InChI is InChI=1S/C17H19F3N4O3/c1-9-5-13(15(25)24-21)23-14-11(9)6-10(22-8-17(18,19)20)7-12(14)16(2)26-3-4-27-16/h5-7,22H,3-4,8,21H2,1-2H3,(H,24,25). The Morgan fingerprint density at radius 3 is 2.56 bits per heavy atom. The number of hydrogen-bond acceptors (Lipinski definition) is 6. The molecule has 1 saturated heterocycles. The van der Waals surface area contributed by atoms with Crippen LogP contribution in [-0.2, 0) is 15.3 Å². The van der Waals surface area contributed by atoms with Crippen molar-refractivity contribution in [2.24, 2.45) is 5.84 Å². The first-order chi connectivity index (χ1) is 12.6. The quantitative estimate of drug-likeness (QED) is 0.425. The van der Waals surface area contributed by atoms with Gasteiger partial charge in [0.1, 0.15) is 12.2 Å². The number of rotatable bonds is 4. The van der Waals surface area contributed by atoms with Crippen LogP contribution >= 0.6 is 0 Å². The van der Waals surface area contributed by atoms with Crippen LogP contribution in [0.1, 0.15) is 28.5 Å². The average molecular weight is 384 g/mol. The molecule has 4 N–H and O–H groups in total. The highest BCUT2D eigenvalue weighted by molar-refractivity contribution is 5.97. The molecule has 0 spiro atoms. The van der Waals surface area contributed by atoms with Gasteiger partial charge in [-0.15, -0.1) is 0 Å². The van der Waals surface area contributed by atoms with Crippen molar-refractivity contribution >= 4 is 22.5 Å². The predicted octanol–water partition coefficient (Wildman–Crippen LogP) is 2.34. The van der Waals surface area contributed by atoms with Crippen LogP contribution in [0, 0.1) is 6.92 Å². The van der Waals surface area contributed by atoms with E-state index in [4.69, 9.17) is 15.3 Å². The van der Waals surface area contributed by atoms with Crippen molar-refractivity contribution < 1.29 is 27.4 Å². The minimum Gasteiger partial charge on any atom is -0.376 e. The summed E-state index contributed by atoms with van der Waals surface area (Å²) in [5, 5.41) is 2.95. The number of halogens is 3. The molecule has 1 aromatic heterocycles. The highest BCUT2D eigenvalue weighted by atomic mass is 19.4. The van der Waals surface area contributed by atoms with E-state index in [-0.39, 0.29) is 11.4 Å². The lowest BCUT2D eigenvalue weighted by atomic mass is 9.98. The van der Waals surface area contributed by atoms with Crippen LogP contribution in [0.5, 0.6) is 0 Å². The number of benzene rings is 1. The zero-order valence-electron chi connectivity index (χ0n) is 14.7. The van der Waals surface area contributed by atoms with E-state index in [9.17, 15) is 18.0 Å². The van der Waals surface area contributed by atoms with Gasteiger partial charge in [-0.2, -0.15) is 13.2 Å². The molecule has 27 heavy (non-hydrogen) atoms. The summed E-state index contributed by atoms with van der Waals surface area (Å²) in [6.07, 6.45) is -4.37. The molecule has 7 nitrogen and oxygen atoms in total. The molecule has 2 aromatic rings. The maximum Gasteiger partial charge on any atom is 0.405 e. The summed E-state index contributed by atoms with van der Waals surface area (Å²) in [6.45, 7) is 2.87. The fourth-order valence-electron chi connectivity index (χ4n) is 3.00. The number of amides is 1. The summed E-state index contributed by atoms with van der Waals surface area (Å²) in [5.74, 6) is 3.41. The minimum atomic E-state index is -4.37. The second-order valence-electron chi connectivity index (χ2n) is 6.33. The molecule has 1 fully saturated rings. The molecule has 0 atom stereocenters. The highest BCUT2D eigenvalue weighted by Crippen LogP contribution is 2.38. The number of ether oxygens (including phenoxy) is 2. The van der Waals surface area contributed by atoms with Crippen LogP contribution in [0.15, 0.2) is 18.2 Å². The molecular weight excluding hydrogens is 365 g/mol. The number of nitrogens with zero attached hydrogens (tertiary/aromatic N) is 1. The molecule has 0 unspecified atom stereocenters. The first-order valence-corrected chi connectivity index (χ1v) is 8.18. The number of aryl methyl sites for hydroxylation is 1. The molecule has 0 bridgehead atoms. The molecule has 1 amide bonds. The number of carbonyl (C=O) groups excluding carboxylic acids is 1. The summed E-state index contributed by atoms with van der Waals surface area (Å²) in [6, 6.07) is 4.56. The lowest BCUT2D eigenvalue weighted by molar-refractivity contribution is -0.148. The van der Waals surface area contributed by atoms with Gasteiger partial charge < -0.3 is 14.8 Å². The van der Waals surface area contributed by atoms with Gasteiger partial charge in [-0.25, -0.2) is 10.8 Å². The number of hydrazine groups is 1. The molecule has 0 aliphatic carbocycles. The SMILES string of the molecule is Cc1cc(C(=O)NN)nc2c(C3(C)OCCO3)cc(NCC(F)(F)F)cc12. The Balaban J connectivity index is 2.19. The monoisotopic (exact) mass is 384 g/mol. The van der Waals surface area contributed by atoms with E-state index in [1.165, 1.54) is 12.1 Å². The molecule has 10 heteroatoms. The van der Waals surface area contributed by atoms with E-state index in [2.05, 4.69) is 10.3 Å². The van der Waals surface area contributed by atoms with Gasteiger partial charge in [0, 0.05) is 16.6 Å². The maximum atomic E-state index is 12.6. The van der Waals surface area contributed by atoms with Gasteiger partial charge >= 0.3 is 6.18 Å². The van der Waals surface area contributed by atoms with Crippen molar-refractivity contribution in [3.8, 4) is 0 Å². The molecule has 1 aliphatic heterocycles. The molecule has 2 heterocycles. The number of nitrogen functional groups attached to an aromatic ring is 1. The van der Waals surface area contributed by atoms with Crippen LogP contribution in [0.4, 0.5) is 18.9 Å². The number of fused-ring (bicyclic) bond motifs is 1. The van der Waals surface area contributed by atoms with Crippen molar-refractivity contribution in [1.29, 1.82) is 0 Å². The molecule has 1 aromatic carbocycles. The third-order valence-electron chi connectivity index (χ3n) is 4.30. The maximum absolute atomic E-state index is 12.6. The number of aromatic nitrogens is 1. The van der Waals surface area contributed by atoms with Crippen LogP contribution in [0.2, 0.25) is 0 Å². The predicted molar refractivity (Wildman–Crippen MR) is 91.9 cm³/mol. The third kappa shape index (κ3) is 3.97. The van der Waals surface area contributed by atoms with Gasteiger partial charge in [0.15, 0.2) is 5.79 Å². The van der Waals surface area contributed by atoms with Gasteiger partial charge in [0.25, 0.3) is 5.91 Å². The zero-order valence-corrected chi connectivity index (χ0v) is 14.7. The number of alkyl halides is 3. The second kappa shape index (κ2) is 6.95. The molecule has 0 radical (unpaired) electrons. The smallest absolute Gasteiger partial charge is 0.376 e. The van der Waals surface area contributed by atoms with E-state index < -0.39 is 24.4 Å². The number of hydrogen-bond donors (Lipinski definition) is 3. The number of nitrogens with two attached hydrogens (primary N) is 1. The Labute approximate surface area is 153 Å². The zero-order chi connectivity index (χ0) is 19.8. The van der Waals surface area contributed by atoms with E-state index >= 15 is 0 Å². The Kier molecular flexibility index (Phi) is 4.98. The summed E-state index contributed by atoms with van der Waals surface area (Å²) in [4.78, 5) is 16.2. The Hall–Kier alpha value is -2.43. The molecule has 1 aliphatic rings. The van der Waals surface area contributed by atoms with E-state index in [0.717, 1.165) is 0 Å². The Morgan fingerprint density at radius 2 is 1.96 bits per heavy atom. The van der Waals surface area contributed by atoms with Crippen molar-refractivity contribution in [3.63, 3.8) is 0 Å². The van der Waals surface area contributed by atoms with Gasteiger partial charge in [-0.1, -0.05) is 0 Å². The van der Waals surface area contributed by atoms with Gasteiger partial charge in [-0.3, -0.25) is 10.2 Å². The number of nitrogens with one attached hydrogen (secondary N) is 2. The van der Waals surface area contributed by atoms with Crippen LogP contribution < -0.4 is 16.6 Å². The summed E-state index contributed by atoms with van der Waals surface area (Å²) in [7, 11) is 0. The summed E-state index contributed by atoms with van der Waals surface area (Å²) >= 11 is 0. The van der Waals surface area contributed by atoms with Gasteiger partial charge in [0.05, 0.1) is 18.7 Å². The average Bonchev–Trinajstić information content (AvgIpc) is 3.06. The van der Waals surface area contributed by atoms with Gasteiger partial charge in [-0.05, 0) is 37.6 Å². The number of carbonyl (C=O) groups is 1. The van der Waals surface area contributed by atoms with Crippen molar-refractivity contribution in [1.82, 2.24) is 10.4 Å².